The van der Waals surface area contributed by atoms with Gasteiger partial charge in [-0.2, -0.15) is 11.8 Å². The fourth-order valence-corrected chi connectivity index (χ4v) is 3.71. The Labute approximate surface area is 173 Å². The zero-order chi connectivity index (χ0) is 17.2. The molecule has 2 rings (SSSR count). The monoisotopic (exact) mass is 478 g/mol. The lowest BCUT2D eigenvalue weighted by atomic mass is 10.2. The van der Waals surface area contributed by atoms with Gasteiger partial charge in [0, 0.05) is 31.9 Å². The molecule has 1 heterocycles. The summed E-state index contributed by atoms with van der Waals surface area (Å²) in [6.07, 6.45) is 2.64. The van der Waals surface area contributed by atoms with Gasteiger partial charge in [-0.05, 0) is 50.4 Å². The van der Waals surface area contributed by atoms with E-state index in [-0.39, 0.29) is 24.0 Å². The van der Waals surface area contributed by atoms with Gasteiger partial charge in [-0.1, -0.05) is 12.1 Å². The number of rotatable bonds is 8. The second-order valence-corrected chi connectivity index (χ2v) is 7.65. The van der Waals surface area contributed by atoms with E-state index in [4.69, 9.17) is 4.74 Å². The number of guanidine groups is 1. The third-order valence-electron chi connectivity index (χ3n) is 3.91. The van der Waals surface area contributed by atoms with Crippen molar-refractivity contribution >= 4 is 41.7 Å². The second kappa shape index (κ2) is 12.6. The van der Waals surface area contributed by atoms with Crippen LogP contribution >= 0.6 is 35.7 Å². The van der Waals surface area contributed by atoms with Crippen molar-refractivity contribution in [1.29, 1.82) is 0 Å². The van der Waals surface area contributed by atoms with E-state index < -0.39 is 0 Å². The van der Waals surface area contributed by atoms with Gasteiger partial charge in [-0.25, -0.2) is 0 Å². The molecule has 1 unspecified atom stereocenters. The molecule has 0 spiro atoms. The normalized spacial score (nSPS) is 17.3. The Bertz CT molecular complexity index is 522. The van der Waals surface area contributed by atoms with Gasteiger partial charge in [0.1, 0.15) is 12.4 Å². The van der Waals surface area contributed by atoms with Gasteiger partial charge in [0.05, 0.1) is 0 Å². The number of nitrogens with one attached hydrogen (secondary N) is 2. The number of nitrogens with zero attached hydrogens (tertiary/aromatic N) is 2. The van der Waals surface area contributed by atoms with E-state index in [1.165, 1.54) is 24.2 Å². The fraction of sp³-hybridized carbons (Fsp3) is 0.611. The van der Waals surface area contributed by atoms with Crippen LogP contribution in [0.15, 0.2) is 29.3 Å². The molecular weight excluding hydrogens is 447 g/mol. The molecule has 1 aromatic rings. The summed E-state index contributed by atoms with van der Waals surface area (Å²) >= 11 is 2.06. The van der Waals surface area contributed by atoms with Gasteiger partial charge in [0.15, 0.2) is 5.96 Å². The highest BCUT2D eigenvalue weighted by Gasteiger charge is 2.15. The minimum Gasteiger partial charge on any atom is -0.492 e. The average molecular weight is 478 g/mol. The number of hydrogen-bond donors (Lipinski definition) is 2. The Kier molecular flexibility index (Phi) is 11.3. The molecule has 0 aliphatic carbocycles. The number of thioether (sulfide) groups is 1. The second-order valence-electron chi connectivity index (χ2n) is 6.24. The Morgan fingerprint density at radius 3 is 2.88 bits per heavy atom. The highest BCUT2D eigenvalue weighted by atomic mass is 127. The molecular formula is C18H31IN4OS. The summed E-state index contributed by atoms with van der Waals surface area (Å²) in [5.74, 6) is 3.07. The van der Waals surface area contributed by atoms with Crippen LogP contribution in [0.4, 0.5) is 0 Å². The van der Waals surface area contributed by atoms with E-state index in [0.717, 1.165) is 36.6 Å². The smallest absolute Gasteiger partial charge is 0.191 e. The lowest BCUT2D eigenvalue weighted by molar-refractivity contribution is 0.261. The number of hydrogen-bond acceptors (Lipinski definition) is 4. The van der Waals surface area contributed by atoms with Crippen molar-refractivity contribution in [2.45, 2.75) is 24.6 Å². The zero-order valence-electron chi connectivity index (χ0n) is 15.5. The molecule has 1 saturated heterocycles. The summed E-state index contributed by atoms with van der Waals surface area (Å²) < 4.78 is 5.79. The summed E-state index contributed by atoms with van der Waals surface area (Å²) in [6, 6.07) is 8.23. The molecule has 5 nitrogen and oxygen atoms in total. The molecule has 1 fully saturated rings. The molecule has 0 saturated carbocycles. The molecule has 1 atom stereocenters. The predicted molar refractivity (Wildman–Crippen MR) is 120 cm³/mol. The number of ether oxygens (including phenoxy) is 1. The maximum absolute atomic E-state index is 5.79. The first-order valence-corrected chi connectivity index (χ1v) is 9.65. The third kappa shape index (κ3) is 9.01. The van der Waals surface area contributed by atoms with Crippen LogP contribution in [-0.2, 0) is 6.54 Å². The summed E-state index contributed by atoms with van der Waals surface area (Å²) in [4.78, 5) is 6.42. The summed E-state index contributed by atoms with van der Waals surface area (Å²) in [5.41, 5.74) is 1.19. The Hall–Kier alpha value is -0.670. The maximum Gasteiger partial charge on any atom is 0.191 e. The Balaban J connectivity index is 0.00000312. The number of aliphatic imine (C=N–C) groups is 1. The van der Waals surface area contributed by atoms with Crippen molar-refractivity contribution in [2.75, 3.05) is 46.6 Å². The molecule has 1 aliphatic heterocycles. The highest BCUT2D eigenvalue weighted by molar-refractivity contribution is 14.0. The summed E-state index contributed by atoms with van der Waals surface area (Å²) in [5, 5.41) is 7.52. The van der Waals surface area contributed by atoms with Crippen LogP contribution in [0.1, 0.15) is 18.4 Å². The van der Waals surface area contributed by atoms with Crippen molar-refractivity contribution in [2.24, 2.45) is 4.99 Å². The largest absolute Gasteiger partial charge is 0.492 e. The van der Waals surface area contributed by atoms with E-state index in [9.17, 15) is 0 Å². The standard InChI is InChI=1S/C18H30N4OS.HI/c1-19-18(21-14-17-8-5-11-24-17)20-13-15-6-4-7-16(12-15)23-10-9-22(2)3;/h4,6-7,12,17H,5,8-11,13-14H2,1-3H3,(H2,19,20,21);1H. The fourth-order valence-electron chi connectivity index (χ4n) is 2.51. The van der Waals surface area contributed by atoms with Crippen molar-refractivity contribution in [3.8, 4) is 5.75 Å². The first-order valence-electron chi connectivity index (χ1n) is 8.60. The first-order chi connectivity index (χ1) is 11.7. The average Bonchev–Trinajstić information content (AvgIpc) is 3.08. The van der Waals surface area contributed by atoms with E-state index in [1.807, 2.05) is 33.3 Å². The molecule has 142 valence electrons. The van der Waals surface area contributed by atoms with Gasteiger partial charge < -0.3 is 20.3 Å². The molecule has 2 N–H and O–H groups in total. The Morgan fingerprint density at radius 2 is 2.20 bits per heavy atom. The maximum atomic E-state index is 5.79. The molecule has 0 amide bonds. The zero-order valence-corrected chi connectivity index (χ0v) is 18.6. The van der Waals surface area contributed by atoms with Crippen LogP contribution in [0, 0.1) is 0 Å². The quantitative estimate of drug-likeness (QED) is 0.342. The van der Waals surface area contributed by atoms with Gasteiger partial charge in [0.25, 0.3) is 0 Å². The molecule has 7 heteroatoms. The van der Waals surface area contributed by atoms with Crippen LogP contribution < -0.4 is 15.4 Å². The lowest BCUT2D eigenvalue weighted by Crippen LogP contribution is -2.39. The van der Waals surface area contributed by atoms with Gasteiger partial charge in [-0.3, -0.25) is 4.99 Å². The van der Waals surface area contributed by atoms with E-state index >= 15 is 0 Å². The SMILES string of the molecule is CN=C(NCc1cccc(OCCN(C)C)c1)NCC1CCCS1.I. The molecule has 25 heavy (non-hydrogen) atoms. The van der Waals surface area contributed by atoms with E-state index in [1.54, 1.807) is 0 Å². The van der Waals surface area contributed by atoms with Gasteiger partial charge >= 0.3 is 0 Å². The van der Waals surface area contributed by atoms with Crippen LogP contribution in [0.25, 0.3) is 0 Å². The van der Waals surface area contributed by atoms with E-state index in [2.05, 4.69) is 44.4 Å². The molecule has 0 aromatic heterocycles. The van der Waals surface area contributed by atoms with Crippen LogP contribution in [-0.4, -0.2) is 62.7 Å². The minimum atomic E-state index is 0. The molecule has 0 bridgehead atoms. The van der Waals surface area contributed by atoms with Crippen molar-refractivity contribution in [1.82, 2.24) is 15.5 Å². The van der Waals surface area contributed by atoms with Crippen LogP contribution in [0.2, 0.25) is 0 Å². The van der Waals surface area contributed by atoms with E-state index in [0.29, 0.717) is 6.61 Å². The molecule has 1 aromatic carbocycles. The van der Waals surface area contributed by atoms with Crippen molar-refractivity contribution in [3.05, 3.63) is 29.8 Å². The van der Waals surface area contributed by atoms with Gasteiger partial charge in [-0.15, -0.1) is 24.0 Å². The minimum absolute atomic E-state index is 0. The van der Waals surface area contributed by atoms with Crippen LogP contribution in [0.5, 0.6) is 5.75 Å². The number of likely N-dealkylation sites (N-methyl/N-ethyl adjacent to an activating group) is 1. The predicted octanol–water partition coefficient (Wildman–Crippen LogP) is 2.81. The number of halogens is 1. The summed E-state index contributed by atoms with van der Waals surface area (Å²) in [7, 11) is 5.91. The topological polar surface area (TPSA) is 48.9 Å². The Morgan fingerprint density at radius 1 is 1.36 bits per heavy atom. The van der Waals surface area contributed by atoms with Crippen LogP contribution in [0.3, 0.4) is 0 Å². The number of benzene rings is 1. The molecule has 0 radical (unpaired) electrons. The third-order valence-corrected chi connectivity index (χ3v) is 5.31. The van der Waals surface area contributed by atoms with Crippen molar-refractivity contribution < 1.29 is 4.74 Å². The molecule has 1 aliphatic rings. The lowest BCUT2D eigenvalue weighted by Gasteiger charge is -2.15. The first kappa shape index (κ1) is 22.4. The van der Waals surface area contributed by atoms with Crippen molar-refractivity contribution in [3.63, 3.8) is 0 Å². The highest BCUT2D eigenvalue weighted by Crippen LogP contribution is 2.25. The van der Waals surface area contributed by atoms with Gasteiger partial charge in [0.2, 0.25) is 0 Å². The summed E-state index contributed by atoms with van der Waals surface area (Å²) in [6.45, 7) is 3.34.